The Hall–Kier alpha value is -0.740. The molecule has 0 aromatic heterocycles. The minimum Gasteiger partial charge on any atom is -0.489 e. The number of rotatable bonds is 3. The first-order chi connectivity index (χ1) is 8.15. The van der Waals surface area contributed by atoms with Crippen molar-refractivity contribution >= 4 is 34.2 Å². The molecular weight excluding hydrogens is 347 g/mol. The van der Waals surface area contributed by atoms with Crippen LogP contribution in [0, 0.1) is 10.5 Å². The molecule has 0 unspecified atom stereocenters. The van der Waals surface area contributed by atoms with Gasteiger partial charge in [-0.2, -0.15) is 0 Å². The Balaban J connectivity index is 2.04. The first kappa shape index (κ1) is 12.7. The van der Waals surface area contributed by atoms with Gasteiger partial charge in [0.2, 0.25) is 0 Å². The van der Waals surface area contributed by atoms with E-state index in [0.717, 1.165) is 21.9 Å². The van der Waals surface area contributed by atoms with Gasteiger partial charge in [0, 0.05) is 14.2 Å². The Labute approximate surface area is 120 Å². The highest BCUT2D eigenvalue weighted by atomic mass is 127. The molecule has 1 nitrogen and oxygen atoms in total. The van der Waals surface area contributed by atoms with Crippen LogP contribution in [0.4, 0.5) is 0 Å². The average molecular weight is 359 g/mol. The second kappa shape index (κ2) is 5.74. The van der Waals surface area contributed by atoms with Crippen LogP contribution >= 0.6 is 34.2 Å². The van der Waals surface area contributed by atoms with Crippen LogP contribution in [-0.2, 0) is 6.61 Å². The molecular formula is C14H12ClIO. The molecule has 0 amide bonds. The van der Waals surface area contributed by atoms with E-state index in [2.05, 4.69) is 22.6 Å². The van der Waals surface area contributed by atoms with Crippen molar-refractivity contribution < 1.29 is 4.74 Å². The summed E-state index contributed by atoms with van der Waals surface area (Å²) in [7, 11) is 0. The Morgan fingerprint density at radius 2 is 1.82 bits per heavy atom. The normalized spacial score (nSPS) is 10.3. The van der Waals surface area contributed by atoms with Crippen LogP contribution in [0.3, 0.4) is 0 Å². The lowest BCUT2D eigenvalue weighted by Gasteiger charge is -2.08. The minimum atomic E-state index is 0.500. The molecule has 0 aliphatic carbocycles. The van der Waals surface area contributed by atoms with Gasteiger partial charge >= 0.3 is 0 Å². The van der Waals surface area contributed by atoms with Crippen LogP contribution in [0.2, 0.25) is 5.02 Å². The minimum absolute atomic E-state index is 0.500. The molecule has 0 bridgehead atoms. The molecule has 0 aliphatic heterocycles. The highest BCUT2D eigenvalue weighted by Crippen LogP contribution is 2.20. The Morgan fingerprint density at radius 1 is 1.12 bits per heavy atom. The van der Waals surface area contributed by atoms with Crippen molar-refractivity contribution in [1.29, 1.82) is 0 Å². The average Bonchev–Trinajstić information content (AvgIpc) is 2.30. The van der Waals surface area contributed by atoms with Gasteiger partial charge in [-0.1, -0.05) is 23.7 Å². The van der Waals surface area contributed by atoms with Crippen LogP contribution in [0.5, 0.6) is 5.75 Å². The van der Waals surface area contributed by atoms with Gasteiger partial charge in [0.15, 0.2) is 0 Å². The van der Waals surface area contributed by atoms with Gasteiger partial charge in [-0.05, 0) is 65.4 Å². The monoisotopic (exact) mass is 358 g/mol. The van der Waals surface area contributed by atoms with Gasteiger partial charge in [-0.15, -0.1) is 0 Å². The van der Waals surface area contributed by atoms with Gasteiger partial charge in [-0.25, -0.2) is 0 Å². The number of benzene rings is 2. The molecule has 0 atom stereocenters. The number of aryl methyl sites for hydroxylation is 1. The van der Waals surface area contributed by atoms with E-state index < -0.39 is 0 Å². The third-order valence-electron chi connectivity index (χ3n) is 2.42. The van der Waals surface area contributed by atoms with Crippen molar-refractivity contribution in [3.8, 4) is 5.75 Å². The lowest BCUT2D eigenvalue weighted by Crippen LogP contribution is -1.96. The van der Waals surface area contributed by atoms with Crippen molar-refractivity contribution in [2.75, 3.05) is 0 Å². The largest absolute Gasteiger partial charge is 0.489 e. The summed E-state index contributed by atoms with van der Waals surface area (Å²) in [6, 6.07) is 14.0. The third kappa shape index (κ3) is 3.61. The molecule has 17 heavy (non-hydrogen) atoms. The lowest BCUT2D eigenvalue weighted by molar-refractivity contribution is 0.306. The van der Waals surface area contributed by atoms with Crippen molar-refractivity contribution in [3.63, 3.8) is 0 Å². The highest BCUT2D eigenvalue weighted by molar-refractivity contribution is 14.1. The fraction of sp³-hybridized carbons (Fsp3) is 0.143. The standard InChI is InChI=1S/C14H12ClIO/c1-10-2-3-11(14(15)8-10)9-17-13-6-4-12(16)5-7-13/h2-8H,9H2,1H3. The zero-order chi connectivity index (χ0) is 12.3. The quantitative estimate of drug-likeness (QED) is 0.714. The zero-order valence-corrected chi connectivity index (χ0v) is 12.3. The summed E-state index contributed by atoms with van der Waals surface area (Å²) in [5, 5.41) is 0.760. The summed E-state index contributed by atoms with van der Waals surface area (Å²) in [5.41, 5.74) is 2.17. The van der Waals surface area contributed by atoms with Crippen molar-refractivity contribution in [2.45, 2.75) is 13.5 Å². The summed E-state index contributed by atoms with van der Waals surface area (Å²) in [5.74, 6) is 0.863. The van der Waals surface area contributed by atoms with E-state index in [4.69, 9.17) is 16.3 Å². The van der Waals surface area contributed by atoms with E-state index in [1.165, 1.54) is 3.57 Å². The molecule has 0 spiro atoms. The molecule has 2 rings (SSSR count). The molecule has 0 fully saturated rings. The van der Waals surface area contributed by atoms with E-state index in [1.54, 1.807) is 0 Å². The second-order valence-electron chi connectivity index (χ2n) is 3.84. The number of halogens is 2. The predicted octanol–water partition coefficient (Wildman–Crippen LogP) is 4.83. The Kier molecular flexibility index (Phi) is 4.29. The molecule has 0 N–H and O–H groups in total. The molecule has 2 aromatic rings. The number of ether oxygens (including phenoxy) is 1. The van der Waals surface area contributed by atoms with Gasteiger partial charge in [0.05, 0.1) is 0 Å². The smallest absolute Gasteiger partial charge is 0.119 e. The first-order valence-corrected chi connectivity index (χ1v) is 6.74. The van der Waals surface area contributed by atoms with Gasteiger partial charge in [0.25, 0.3) is 0 Å². The van der Waals surface area contributed by atoms with Crippen molar-refractivity contribution in [2.24, 2.45) is 0 Å². The maximum absolute atomic E-state index is 6.14. The van der Waals surface area contributed by atoms with Crippen LogP contribution in [0.25, 0.3) is 0 Å². The van der Waals surface area contributed by atoms with E-state index in [-0.39, 0.29) is 0 Å². The molecule has 88 valence electrons. The summed E-state index contributed by atoms with van der Waals surface area (Å²) in [4.78, 5) is 0. The van der Waals surface area contributed by atoms with E-state index in [9.17, 15) is 0 Å². The van der Waals surface area contributed by atoms with Gasteiger partial charge in [0.1, 0.15) is 12.4 Å². The topological polar surface area (TPSA) is 9.23 Å². The van der Waals surface area contributed by atoms with E-state index in [1.807, 2.05) is 49.4 Å². The van der Waals surface area contributed by atoms with Crippen molar-refractivity contribution in [3.05, 3.63) is 62.2 Å². The predicted molar refractivity (Wildman–Crippen MR) is 79.7 cm³/mol. The zero-order valence-electron chi connectivity index (χ0n) is 9.41. The number of hydrogen-bond acceptors (Lipinski definition) is 1. The highest BCUT2D eigenvalue weighted by Gasteiger charge is 2.01. The summed E-state index contributed by atoms with van der Waals surface area (Å²) in [6.07, 6.45) is 0. The maximum Gasteiger partial charge on any atom is 0.119 e. The summed E-state index contributed by atoms with van der Waals surface area (Å²) < 4.78 is 6.88. The molecule has 0 radical (unpaired) electrons. The SMILES string of the molecule is Cc1ccc(COc2ccc(I)cc2)c(Cl)c1. The maximum atomic E-state index is 6.14. The van der Waals surface area contributed by atoms with Crippen LogP contribution in [0.15, 0.2) is 42.5 Å². The molecule has 0 saturated carbocycles. The Bertz CT molecular complexity index is 508. The van der Waals surface area contributed by atoms with Gasteiger partial charge < -0.3 is 4.74 Å². The summed E-state index contributed by atoms with van der Waals surface area (Å²) in [6.45, 7) is 2.52. The van der Waals surface area contributed by atoms with Crippen LogP contribution < -0.4 is 4.74 Å². The fourth-order valence-corrected chi connectivity index (χ4v) is 2.11. The first-order valence-electron chi connectivity index (χ1n) is 5.28. The fourth-order valence-electron chi connectivity index (χ4n) is 1.46. The molecule has 0 saturated heterocycles. The molecule has 0 heterocycles. The molecule has 3 heteroatoms. The molecule has 2 aromatic carbocycles. The lowest BCUT2D eigenvalue weighted by atomic mass is 10.2. The van der Waals surface area contributed by atoms with E-state index >= 15 is 0 Å². The third-order valence-corrected chi connectivity index (χ3v) is 3.49. The van der Waals surface area contributed by atoms with Crippen LogP contribution in [0.1, 0.15) is 11.1 Å². The summed E-state index contributed by atoms with van der Waals surface area (Å²) >= 11 is 8.41. The van der Waals surface area contributed by atoms with Gasteiger partial charge in [-0.3, -0.25) is 0 Å². The van der Waals surface area contributed by atoms with E-state index in [0.29, 0.717) is 6.61 Å². The van der Waals surface area contributed by atoms with Crippen LogP contribution in [-0.4, -0.2) is 0 Å². The Morgan fingerprint density at radius 3 is 2.47 bits per heavy atom. The number of hydrogen-bond donors (Lipinski definition) is 0. The second-order valence-corrected chi connectivity index (χ2v) is 5.49. The molecule has 0 aliphatic rings. The van der Waals surface area contributed by atoms with Crippen molar-refractivity contribution in [1.82, 2.24) is 0 Å².